The van der Waals surface area contributed by atoms with Gasteiger partial charge in [0.2, 0.25) is 0 Å². The summed E-state index contributed by atoms with van der Waals surface area (Å²) in [5.41, 5.74) is 0. The van der Waals surface area contributed by atoms with Crippen molar-refractivity contribution < 1.29 is 4.74 Å². The van der Waals surface area contributed by atoms with Crippen molar-refractivity contribution in [3.05, 3.63) is 0 Å². The van der Waals surface area contributed by atoms with Crippen LogP contribution in [0, 0.1) is 5.92 Å². The summed E-state index contributed by atoms with van der Waals surface area (Å²) in [6.07, 6.45) is 4.94. The van der Waals surface area contributed by atoms with Crippen molar-refractivity contribution in [2.45, 2.75) is 39.5 Å². The molecule has 0 aromatic carbocycles. The van der Waals surface area contributed by atoms with Gasteiger partial charge in [-0.05, 0) is 45.1 Å². The van der Waals surface area contributed by atoms with Crippen molar-refractivity contribution >= 4 is 5.96 Å². The van der Waals surface area contributed by atoms with Gasteiger partial charge in [0, 0.05) is 46.4 Å². The SMILES string of the molecule is CCOCCCCNC(=NC)NCCN1CCCC(C)C1. The molecule has 1 aliphatic heterocycles. The molecule has 124 valence electrons. The maximum atomic E-state index is 5.33. The van der Waals surface area contributed by atoms with Crippen LogP contribution in [0.4, 0.5) is 0 Å². The van der Waals surface area contributed by atoms with Crippen LogP contribution >= 0.6 is 0 Å². The van der Waals surface area contributed by atoms with Crippen molar-refractivity contribution in [2.24, 2.45) is 10.9 Å². The Labute approximate surface area is 130 Å². The average molecular weight is 298 g/mol. The van der Waals surface area contributed by atoms with Crippen molar-refractivity contribution in [1.82, 2.24) is 15.5 Å². The van der Waals surface area contributed by atoms with Gasteiger partial charge in [0.05, 0.1) is 0 Å². The van der Waals surface area contributed by atoms with Gasteiger partial charge in [-0.1, -0.05) is 6.92 Å². The molecule has 1 unspecified atom stereocenters. The summed E-state index contributed by atoms with van der Waals surface area (Å²) in [6, 6.07) is 0. The molecule has 1 rings (SSSR count). The lowest BCUT2D eigenvalue weighted by Gasteiger charge is -2.30. The fraction of sp³-hybridized carbons (Fsp3) is 0.938. The average Bonchev–Trinajstić information content (AvgIpc) is 2.49. The highest BCUT2D eigenvalue weighted by molar-refractivity contribution is 5.79. The van der Waals surface area contributed by atoms with Crippen molar-refractivity contribution in [2.75, 3.05) is 53.0 Å². The standard InChI is InChI=1S/C16H34N4O/c1-4-21-13-6-5-9-18-16(17-3)19-10-12-20-11-7-8-15(2)14-20/h15H,4-14H2,1-3H3,(H2,17,18,19). The molecule has 1 atom stereocenters. The number of aliphatic imine (C=N–C) groups is 1. The Morgan fingerprint density at radius 3 is 2.81 bits per heavy atom. The van der Waals surface area contributed by atoms with E-state index in [2.05, 4.69) is 27.4 Å². The van der Waals surface area contributed by atoms with E-state index in [0.29, 0.717) is 0 Å². The number of nitrogens with one attached hydrogen (secondary N) is 2. The highest BCUT2D eigenvalue weighted by Gasteiger charge is 2.15. The molecule has 0 amide bonds. The van der Waals surface area contributed by atoms with Gasteiger partial charge >= 0.3 is 0 Å². The number of unbranched alkanes of at least 4 members (excludes halogenated alkanes) is 1. The molecule has 1 saturated heterocycles. The lowest BCUT2D eigenvalue weighted by atomic mass is 10.0. The number of hydrogen-bond donors (Lipinski definition) is 2. The number of nitrogens with zero attached hydrogens (tertiary/aromatic N) is 2. The molecule has 0 bridgehead atoms. The molecule has 5 heteroatoms. The molecular formula is C16H34N4O. The van der Waals surface area contributed by atoms with Crippen LogP contribution < -0.4 is 10.6 Å². The summed E-state index contributed by atoms with van der Waals surface area (Å²) >= 11 is 0. The van der Waals surface area contributed by atoms with E-state index in [9.17, 15) is 0 Å². The second-order valence-electron chi connectivity index (χ2n) is 5.88. The maximum Gasteiger partial charge on any atom is 0.191 e. The third-order valence-corrected chi connectivity index (χ3v) is 3.90. The minimum Gasteiger partial charge on any atom is -0.382 e. The molecule has 21 heavy (non-hydrogen) atoms. The van der Waals surface area contributed by atoms with E-state index >= 15 is 0 Å². The first-order chi connectivity index (χ1) is 10.3. The number of guanidine groups is 1. The van der Waals surface area contributed by atoms with E-state index in [1.165, 1.54) is 25.9 Å². The van der Waals surface area contributed by atoms with Gasteiger partial charge < -0.3 is 20.3 Å². The van der Waals surface area contributed by atoms with Crippen LogP contribution in [0.1, 0.15) is 39.5 Å². The smallest absolute Gasteiger partial charge is 0.191 e. The van der Waals surface area contributed by atoms with Gasteiger partial charge in [0.1, 0.15) is 0 Å². The molecule has 0 spiro atoms. The third-order valence-electron chi connectivity index (χ3n) is 3.90. The van der Waals surface area contributed by atoms with Gasteiger partial charge in [0.25, 0.3) is 0 Å². The summed E-state index contributed by atoms with van der Waals surface area (Å²) in [7, 11) is 1.83. The first-order valence-corrected chi connectivity index (χ1v) is 8.50. The maximum absolute atomic E-state index is 5.33. The van der Waals surface area contributed by atoms with Gasteiger partial charge in [-0.25, -0.2) is 0 Å². The Balaban J connectivity index is 2.03. The molecule has 1 fully saturated rings. The van der Waals surface area contributed by atoms with Crippen LogP contribution in [-0.2, 0) is 4.74 Å². The van der Waals surface area contributed by atoms with Crippen LogP contribution in [0.5, 0.6) is 0 Å². The Morgan fingerprint density at radius 2 is 2.10 bits per heavy atom. The lowest BCUT2D eigenvalue weighted by Crippen LogP contribution is -2.43. The van der Waals surface area contributed by atoms with Crippen molar-refractivity contribution in [3.8, 4) is 0 Å². The summed E-state index contributed by atoms with van der Waals surface area (Å²) < 4.78 is 5.33. The summed E-state index contributed by atoms with van der Waals surface area (Å²) in [6.45, 7) is 11.6. The Morgan fingerprint density at radius 1 is 1.29 bits per heavy atom. The zero-order chi connectivity index (χ0) is 15.3. The minimum atomic E-state index is 0.811. The Kier molecular flexibility index (Phi) is 10.3. The fourth-order valence-electron chi connectivity index (χ4n) is 2.72. The number of ether oxygens (including phenoxy) is 1. The molecule has 1 heterocycles. The molecule has 0 aromatic heterocycles. The third kappa shape index (κ3) is 8.94. The lowest BCUT2D eigenvalue weighted by molar-refractivity contribution is 0.143. The van der Waals surface area contributed by atoms with Crippen LogP contribution in [-0.4, -0.2) is 63.8 Å². The van der Waals surface area contributed by atoms with E-state index in [4.69, 9.17) is 4.74 Å². The van der Waals surface area contributed by atoms with Crippen LogP contribution in [0.15, 0.2) is 4.99 Å². The zero-order valence-corrected chi connectivity index (χ0v) is 14.2. The number of hydrogen-bond acceptors (Lipinski definition) is 3. The second kappa shape index (κ2) is 11.8. The van der Waals surface area contributed by atoms with Crippen LogP contribution in [0.3, 0.4) is 0 Å². The summed E-state index contributed by atoms with van der Waals surface area (Å²) in [5, 5.41) is 6.76. The number of likely N-dealkylation sites (tertiary alicyclic amines) is 1. The summed E-state index contributed by atoms with van der Waals surface area (Å²) in [4.78, 5) is 6.82. The van der Waals surface area contributed by atoms with Gasteiger partial charge in [0.15, 0.2) is 5.96 Å². The Hall–Kier alpha value is -0.810. The monoisotopic (exact) mass is 298 g/mol. The fourth-order valence-corrected chi connectivity index (χ4v) is 2.72. The molecule has 0 saturated carbocycles. The molecule has 0 radical (unpaired) electrons. The second-order valence-corrected chi connectivity index (χ2v) is 5.88. The highest BCUT2D eigenvalue weighted by atomic mass is 16.5. The van der Waals surface area contributed by atoms with E-state index < -0.39 is 0 Å². The molecule has 0 aliphatic carbocycles. The highest BCUT2D eigenvalue weighted by Crippen LogP contribution is 2.14. The zero-order valence-electron chi connectivity index (χ0n) is 14.2. The molecular weight excluding hydrogens is 264 g/mol. The van der Waals surface area contributed by atoms with Gasteiger partial charge in [-0.2, -0.15) is 0 Å². The first-order valence-electron chi connectivity index (χ1n) is 8.50. The largest absolute Gasteiger partial charge is 0.382 e. The predicted octanol–water partition coefficient (Wildman–Crippen LogP) is 1.70. The number of rotatable bonds is 9. The molecule has 1 aliphatic rings. The van der Waals surface area contributed by atoms with E-state index in [0.717, 1.165) is 57.6 Å². The normalized spacial score (nSPS) is 20.5. The Bertz CT molecular complexity index is 283. The van der Waals surface area contributed by atoms with E-state index in [-0.39, 0.29) is 0 Å². The van der Waals surface area contributed by atoms with E-state index in [1.807, 2.05) is 14.0 Å². The molecule has 0 aromatic rings. The van der Waals surface area contributed by atoms with E-state index in [1.54, 1.807) is 0 Å². The van der Waals surface area contributed by atoms with Crippen LogP contribution in [0.2, 0.25) is 0 Å². The molecule has 5 nitrogen and oxygen atoms in total. The quantitative estimate of drug-likeness (QED) is 0.386. The van der Waals surface area contributed by atoms with Crippen molar-refractivity contribution in [1.29, 1.82) is 0 Å². The van der Waals surface area contributed by atoms with Crippen LogP contribution in [0.25, 0.3) is 0 Å². The van der Waals surface area contributed by atoms with Crippen molar-refractivity contribution in [3.63, 3.8) is 0 Å². The number of piperidine rings is 1. The van der Waals surface area contributed by atoms with Gasteiger partial charge in [-0.15, -0.1) is 0 Å². The molecule has 2 N–H and O–H groups in total. The first kappa shape index (κ1) is 18.2. The summed E-state index contributed by atoms with van der Waals surface area (Å²) in [5.74, 6) is 1.76. The predicted molar refractivity (Wildman–Crippen MR) is 89.9 cm³/mol. The minimum absolute atomic E-state index is 0.811. The van der Waals surface area contributed by atoms with Gasteiger partial charge in [-0.3, -0.25) is 4.99 Å². The topological polar surface area (TPSA) is 48.9 Å².